The molecule has 0 heterocycles. The Bertz CT molecular complexity index is 385. The van der Waals surface area contributed by atoms with Crippen LogP contribution in [0, 0.1) is 0 Å². The highest BCUT2D eigenvalue weighted by Gasteiger charge is 2.24. The lowest BCUT2D eigenvalue weighted by Gasteiger charge is -2.17. The number of hydrogen-bond donors (Lipinski definition) is 3. The van der Waals surface area contributed by atoms with Crippen molar-refractivity contribution in [3.8, 4) is 11.5 Å². The molecule has 0 unspecified atom stereocenters. The van der Waals surface area contributed by atoms with E-state index in [1.165, 1.54) is 14.2 Å². The molecule has 0 amide bonds. The third-order valence-electron chi connectivity index (χ3n) is 2.35. The van der Waals surface area contributed by atoms with Crippen LogP contribution in [0.2, 0.25) is 0 Å². The zero-order valence-electron chi connectivity index (χ0n) is 9.58. The van der Waals surface area contributed by atoms with Crippen LogP contribution in [-0.4, -0.2) is 36.5 Å². The predicted molar refractivity (Wildman–Crippen MR) is 60.1 cm³/mol. The molecule has 17 heavy (non-hydrogen) atoms. The van der Waals surface area contributed by atoms with Crippen molar-refractivity contribution in [3.63, 3.8) is 0 Å². The molecule has 0 saturated carbocycles. The Labute approximate surface area is 98.6 Å². The molecule has 1 aromatic carbocycles. The summed E-state index contributed by atoms with van der Waals surface area (Å²) >= 11 is 0. The zero-order chi connectivity index (χ0) is 13.0. The molecule has 0 saturated heterocycles. The Morgan fingerprint density at radius 2 is 1.71 bits per heavy atom. The lowest BCUT2D eigenvalue weighted by atomic mass is 10.0. The second kappa shape index (κ2) is 5.51. The summed E-state index contributed by atoms with van der Waals surface area (Å²) in [6.45, 7) is 0. The van der Waals surface area contributed by atoms with Crippen molar-refractivity contribution in [2.24, 2.45) is 5.73 Å². The van der Waals surface area contributed by atoms with Crippen LogP contribution in [0.15, 0.2) is 18.2 Å². The van der Waals surface area contributed by atoms with E-state index < -0.39 is 18.1 Å². The molecule has 0 bridgehead atoms. The Hall–Kier alpha value is -1.79. The minimum atomic E-state index is -1.67. The number of ether oxygens (including phenoxy) is 2. The van der Waals surface area contributed by atoms with Gasteiger partial charge in [-0.25, -0.2) is 4.79 Å². The Balaban J connectivity index is 3.07. The van der Waals surface area contributed by atoms with E-state index in [4.69, 9.17) is 20.3 Å². The van der Waals surface area contributed by atoms with Crippen molar-refractivity contribution in [1.82, 2.24) is 0 Å². The monoisotopic (exact) mass is 241 g/mol. The number of methoxy groups -OCH3 is 2. The summed E-state index contributed by atoms with van der Waals surface area (Å²) in [4.78, 5) is 10.6. The number of rotatable bonds is 5. The summed E-state index contributed by atoms with van der Waals surface area (Å²) < 4.78 is 10.0. The van der Waals surface area contributed by atoms with Crippen molar-refractivity contribution in [3.05, 3.63) is 23.8 Å². The molecule has 0 spiro atoms. The van der Waals surface area contributed by atoms with Gasteiger partial charge in [-0.15, -0.1) is 0 Å². The number of carboxylic acid groups (broad SMARTS) is 1. The molecule has 2 atom stereocenters. The SMILES string of the molecule is COc1cc(OC)cc([C@H](N)[C@H](O)C(=O)O)c1. The van der Waals surface area contributed by atoms with E-state index in [0.29, 0.717) is 17.1 Å². The molecule has 6 nitrogen and oxygen atoms in total. The summed E-state index contributed by atoms with van der Waals surface area (Å²) in [5.41, 5.74) is 6.07. The van der Waals surface area contributed by atoms with Crippen LogP contribution >= 0.6 is 0 Å². The van der Waals surface area contributed by atoms with Crippen molar-refractivity contribution >= 4 is 5.97 Å². The summed E-state index contributed by atoms with van der Waals surface area (Å²) in [5, 5.41) is 18.0. The van der Waals surface area contributed by atoms with Crippen molar-refractivity contribution < 1.29 is 24.5 Å². The van der Waals surface area contributed by atoms with Crippen LogP contribution in [-0.2, 0) is 4.79 Å². The fourth-order valence-electron chi connectivity index (χ4n) is 1.36. The Kier molecular flexibility index (Phi) is 4.30. The predicted octanol–water partition coefficient (Wildman–Crippen LogP) is 0.149. The molecule has 94 valence electrons. The number of aliphatic carboxylic acids is 1. The molecule has 0 fully saturated rings. The van der Waals surface area contributed by atoms with Crippen LogP contribution < -0.4 is 15.2 Å². The average molecular weight is 241 g/mol. The Morgan fingerprint density at radius 1 is 1.24 bits per heavy atom. The topological polar surface area (TPSA) is 102 Å². The van der Waals surface area contributed by atoms with E-state index in [9.17, 15) is 9.90 Å². The number of aliphatic hydroxyl groups is 1. The van der Waals surface area contributed by atoms with Crippen molar-refractivity contribution in [2.45, 2.75) is 12.1 Å². The van der Waals surface area contributed by atoms with Gasteiger partial charge in [0, 0.05) is 6.07 Å². The van der Waals surface area contributed by atoms with E-state index in [1.54, 1.807) is 18.2 Å². The van der Waals surface area contributed by atoms with Gasteiger partial charge >= 0.3 is 5.97 Å². The molecule has 0 radical (unpaired) electrons. The molecular formula is C11H15NO5. The fraction of sp³-hybridized carbons (Fsp3) is 0.364. The smallest absolute Gasteiger partial charge is 0.334 e. The lowest BCUT2D eigenvalue weighted by Crippen LogP contribution is -2.33. The van der Waals surface area contributed by atoms with E-state index in [-0.39, 0.29) is 0 Å². The maximum Gasteiger partial charge on any atom is 0.334 e. The Morgan fingerprint density at radius 3 is 2.06 bits per heavy atom. The van der Waals surface area contributed by atoms with Gasteiger partial charge in [-0.1, -0.05) is 0 Å². The highest BCUT2D eigenvalue weighted by Crippen LogP contribution is 2.26. The minimum Gasteiger partial charge on any atom is -0.497 e. The van der Waals surface area contributed by atoms with E-state index in [2.05, 4.69) is 0 Å². The first-order valence-corrected chi connectivity index (χ1v) is 4.89. The fourth-order valence-corrected chi connectivity index (χ4v) is 1.36. The normalized spacial score (nSPS) is 13.9. The van der Waals surface area contributed by atoms with Gasteiger partial charge < -0.3 is 25.4 Å². The van der Waals surface area contributed by atoms with Crippen LogP contribution in [0.3, 0.4) is 0 Å². The molecule has 0 aliphatic heterocycles. The first-order chi connectivity index (χ1) is 7.99. The van der Waals surface area contributed by atoms with Gasteiger partial charge in [0.2, 0.25) is 0 Å². The number of nitrogens with two attached hydrogens (primary N) is 1. The van der Waals surface area contributed by atoms with E-state index >= 15 is 0 Å². The van der Waals surface area contributed by atoms with E-state index in [0.717, 1.165) is 0 Å². The van der Waals surface area contributed by atoms with Crippen LogP contribution in [0.1, 0.15) is 11.6 Å². The summed E-state index contributed by atoms with van der Waals surface area (Å²) in [5.74, 6) is -0.418. The van der Waals surface area contributed by atoms with E-state index in [1.807, 2.05) is 0 Å². The average Bonchev–Trinajstić information content (AvgIpc) is 2.35. The van der Waals surface area contributed by atoms with Crippen molar-refractivity contribution in [1.29, 1.82) is 0 Å². The second-order valence-corrected chi connectivity index (χ2v) is 3.45. The highest BCUT2D eigenvalue weighted by atomic mass is 16.5. The van der Waals surface area contributed by atoms with Gasteiger partial charge in [0.05, 0.1) is 20.3 Å². The second-order valence-electron chi connectivity index (χ2n) is 3.45. The van der Waals surface area contributed by atoms with Gasteiger partial charge in [-0.2, -0.15) is 0 Å². The lowest BCUT2D eigenvalue weighted by molar-refractivity contribution is -0.147. The van der Waals surface area contributed by atoms with Crippen LogP contribution in [0.5, 0.6) is 11.5 Å². The number of benzene rings is 1. The molecule has 0 aromatic heterocycles. The summed E-state index contributed by atoms with van der Waals surface area (Å²) in [6, 6.07) is 3.69. The molecule has 4 N–H and O–H groups in total. The summed E-state index contributed by atoms with van der Waals surface area (Å²) in [7, 11) is 2.94. The van der Waals surface area contributed by atoms with Crippen LogP contribution in [0.25, 0.3) is 0 Å². The third kappa shape index (κ3) is 3.08. The van der Waals surface area contributed by atoms with Gasteiger partial charge in [0.1, 0.15) is 11.5 Å². The molecule has 6 heteroatoms. The van der Waals surface area contributed by atoms with Gasteiger partial charge in [-0.3, -0.25) is 0 Å². The molecule has 1 rings (SSSR count). The quantitative estimate of drug-likeness (QED) is 0.678. The van der Waals surface area contributed by atoms with Gasteiger partial charge in [0.25, 0.3) is 0 Å². The number of carbonyl (C=O) groups is 1. The third-order valence-corrected chi connectivity index (χ3v) is 2.35. The molecule has 0 aliphatic carbocycles. The number of hydrogen-bond acceptors (Lipinski definition) is 5. The zero-order valence-corrected chi connectivity index (χ0v) is 9.58. The standard InChI is InChI=1S/C11H15NO5/c1-16-7-3-6(4-8(5-7)17-2)9(12)10(13)11(14)15/h3-5,9-10,13H,12H2,1-2H3,(H,14,15)/t9-,10-/m0/s1. The van der Waals surface area contributed by atoms with Crippen LogP contribution in [0.4, 0.5) is 0 Å². The molecule has 0 aliphatic rings. The first-order valence-electron chi connectivity index (χ1n) is 4.89. The van der Waals surface area contributed by atoms with Gasteiger partial charge in [-0.05, 0) is 17.7 Å². The highest BCUT2D eigenvalue weighted by molar-refractivity contribution is 5.73. The minimum absolute atomic E-state index is 0.427. The number of carboxylic acids is 1. The summed E-state index contributed by atoms with van der Waals surface area (Å²) in [6.07, 6.45) is -1.67. The van der Waals surface area contributed by atoms with Crippen molar-refractivity contribution in [2.75, 3.05) is 14.2 Å². The molecular weight excluding hydrogens is 226 g/mol. The maximum atomic E-state index is 10.6. The maximum absolute atomic E-state index is 10.6. The van der Waals surface area contributed by atoms with Gasteiger partial charge in [0.15, 0.2) is 6.10 Å². The molecule has 1 aromatic rings. The number of aliphatic hydroxyl groups excluding tert-OH is 1. The first kappa shape index (κ1) is 13.3. The largest absolute Gasteiger partial charge is 0.497 e.